The summed E-state index contributed by atoms with van der Waals surface area (Å²) in [6.45, 7) is 0.428. The number of rotatable bonds is 6. The molecule has 2 aromatic carbocycles. The van der Waals surface area contributed by atoms with Crippen molar-refractivity contribution in [2.45, 2.75) is 24.6 Å². The Hall–Kier alpha value is -3.13. The Morgan fingerprint density at radius 1 is 1.07 bits per heavy atom. The van der Waals surface area contributed by atoms with E-state index in [0.717, 1.165) is 28.3 Å². The van der Waals surface area contributed by atoms with Crippen molar-refractivity contribution in [1.82, 2.24) is 15.1 Å². The summed E-state index contributed by atoms with van der Waals surface area (Å²) < 4.78 is 14.7. The Bertz CT molecular complexity index is 1030. The highest BCUT2D eigenvalue weighted by molar-refractivity contribution is 7.98. The number of aromatic nitrogens is 2. The molecule has 0 radical (unpaired) electrons. The Kier molecular flexibility index (Phi) is 5.62. The van der Waals surface area contributed by atoms with Crippen molar-refractivity contribution in [3.8, 4) is 0 Å². The molecule has 0 bridgehead atoms. The average molecular weight is 410 g/mol. The average Bonchev–Trinajstić information content (AvgIpc) is 3.30. The number of anilines is 1. The van der Waals surface area contributed by atoms with Gasteiger partial charge in [0.05, 0.1) is 5.69 Å². The van der Waals surface area contributed by atoms with E-state index in [2.05, 4.69) is 15.7 Å². The van der Waals surface area contributed by atoms with Gasteiger partial charge in [-0.15, -0.1) is 0 Å². The van der Waals surface area contributed by atoms with Gasteiger partial charge in [0, 0.05) is 29.2 Å². The molecule has 4 rings (SSSR count). The van der Waals surface area contributed by atoms with Gasteiger partial charge >= 0.3 is 0 Å². The summed E-state index contributed by atoms with van der Waals surface area (Å²) in [7, 11) is 0. The molecule has 6 nitrogen and oxygen atoms in total. The number of fused-ring (bicyclic) bond motifs is 1. The van der Waals surface area contributed by atoms with Crippen LogP contribution >= 0.6 is 11.8 Å². The lowest BCUT2D eigenvalue weighted by atomic mass is 10.2. The van der Waals surface area contributed by atoms with E-state index in [1.54, 1.807) is 11.8 Å². The van der Waals surface area contributed by atoms with Crippen LogP contribution < -0.4 is 10.6 Å². The summed E-state index contributed by atoms with van der Waals surface area (Å²) in [5, 5.41) is 10.2. The van der Waals surface area contributed by atoms with E-state index in [1.807, 2.05) is 30.3 Å². The normalized spacial score (nSPS) is 12.4. The number of nitrogens with one attached hydrogen (secondary N) is 2. The quantitative estimate of drug-likeness (QED) is 0.654. The minimum atomic E-state index is -0.404. The maximum Gasteiger partial charge on any atom is 0.256 e. The van der Waals surface area contributed by atoms with Crippen molar-refractivity contribution in [3.05, 3.63) is 82.8 Å². The van der Waals surface area contributed by atoms with Gasteiger partial charge in [-0.05, 0) is 29.8 Å². The molecule has 148 valence electrons. The summed E-state index contributed by atoms with van der Waals surface area (Å²) in [6.07, 6.45) is 0. The van der Waals surface area contributed by atoms with Gasteiger partial charge in [0.2, 0.25) is 5.91 Å². The van der Waals surface area contributed by atoms with E-state index in [4.69, 9.17) is 0 Å². The molecular weight excluding hydrogens is 391 g/mol. The Balaban J connectivity index is 1.48. The standard InChI is InChI=1S/C21H19FN4O2S/c22-16-8-6-15(7-9-16)21(28)24-20-17-12-29-13-18(17)25-26(20)11-19(27)23-10-14-4-2-1-3-5-14/h1-9H,10-13H2,(H,23,27)(H,24,28). The largest absolute Gasteiger partial charge is 0.350 e. The van der Waals surface area contributed by atoms with Crippen LogP contribution in [0.25, 0.3) is 0 Å². The molecular formula is C21H19FN4O2S. The molecule has 2 amide bonds. The Labute approximate surface area is 171 Å². The van der Waals surface area contributed by atoms with Gasteiger partial charge in [0.1, 0.15) is 18.2 Å². The van der Waals surface area contributed by atoms with E-state index in [0.29, 0.717) is 17.9 Å². The van der Waals surface area contributed by atoms with Crippen molar-refractivity contribution in [1.29, 1.82) is 0 Å². The molecule has 3 aromatic rings. The monoisotopic (exact) mass is 410 g/mol. The first-order valence-corrected chi connectivity index (χ1v) is 10.3. The van der Waals surface area contributed by atoms with E-state index in [-0.39, 0.29) is 18.4 Å². The molecule has 0 unspecified atom stereocenters. The van der Waals surface area contributed by atoms with Crippen molar-refractivity contribution in [2.24, 2.45) is 0 Å². The van der Waals surface area contributed by atoms with Crippen LogP contribution in [0.1, 0.15) is 27.2 Å². The van der Waals surface area contributed by atoms with E-state index < -0.39 is 5.82 Å². The Morgan fingerprint density at radius 2 is 1.83 bits per heavy atom. The lowest BCUT2D eigenvalue weighted by Crippen LogP contribution is -2.28. The van der Waals surface area contributed by atoms with Crippen LogP contribution in [0.5, 0.6) is 0 Å². The van der Waals surface area contributed by atoms with Crippen molar-refractivity contribution in [2.75, 3.05) is 5.32 Å². The highest BCUT2D eigenvalue weighted by Crippen LogP contribution is 2.34. The number of halogens is 1. The predicted octanol–water partition coefficient (Wildman–Crippen LogP) is 3.34. The van der Waals surface area contributed by atoms with Crippen LogP contribution in [0, 0.1) is 5.82 Å². The summed E-state index contributed by atoms with van der Waals surface area (Å²) in [5.74, 6) is 1.02. The number of amides is 2. The lowest BCUT2D eigenvalue weighted by molar-refractivity contribution is -0.122. The number of thioether (sulfide) groups is 1. The molecule has 0 atom stereocenters. The number of carbonyl (C=O) groups excluding carboxylic acids is 2. The molecule has 8 heteroatoms. The molecule has 0 saturated heterocycles. The number of hydrogen-bond acceptors (Lipinski definition) is 4. The van der Waals surface area contributed by atoms with E-state index in [9.17, 15) is 14.0 Å². The van der Waals surface area contributed by atoms with Crippen LogP contribution in [-0.4, -0.2) is 21.6 Å². The fourth-order valence-electron chi connectivity index (χ4n) is 3.09. The molecule has 2 heterocycles. The predicted molar refractivity (Wildman–Crippen MR) is 110 cm³/mol. The SMILES string of the molecule is O=C(Cn1nc2c(c1NC(=O)c1ccc(F)cc1)CSC2)NCc1ccccc1. The van der Waals surface area contributed by atoms with E-state index in [1.165, 1.54) is 28.9 Å². The zero-order chi connectivity index (χ0) is 20.2. The third-order valence-electron chi connectivity index (χ3n) is 4.58. The Morgan fingerprint density at radius 3 is 2.59 bits per heavy atom. The van der Waals surface area contributed by atoms with Crippen LogP contribution in [-0.2, 0) is 29.4 Å². The molecule has 29 heavy (non-hydrogen) atoms. The molecule has 0 aliphatic carbocycles. The maximum absolute atomic E-state index is 13.1. The minimum absolute atomic E-state index is 0.00350. The van der Waals surface area contributed by atoms with Crippen molar-refractivity contribution in [3.63, 3.8) is 0 Å². The summed E-state index contributed by atoms with van der Waals surface area (Å²) in [5.41, 5.74) is 3.15. The van der Waals surface area contributed by atoms with Gasteiger partial charge < -0.3 is 10.6 Å². The fraction of sp³-hybridized carbons (Fsp3) is 0.190. The highest BCUT2D eigenvalue weighted by atomic mass is 32.2. The summed E-state index contributed by atoms with van der Waals surface area (Å²) in [4.78, 5) is 25.0. The second-order valence-corrected chi connectivity index (χ2v) is 7.63. The number of nitrogens with zero attached hydrogens (tertiary/aromatic N) is 2. The second kappa shape index (κ2) is 8.48. The highest BCUT2D eigenvalue weighted by Gasteiger charge is 2.25. The zero-order valence-electron chi connectivity index (χ0n) is 15.5. The molecule has 1 aliphatic rings. The third-order valence-corrected chi connectivity index (χ3v) is 5.55. The lowest BCUT2D eigenvalue weighted by Gasteiger charge is -2.11. The molecule has 0 spiro atoms. The van der Waals surface area contributed by atoms with Gasteiger partial charge in [-0.2, -0.15) is 16.9 Å². The summed E-state index contributed by atoms with van der Waals surface area (Å²) in [6, 6.07) is 15.0. The number of benzene rings is 2. The molecule has 1 aromatic heterocycles. The maximum atomic E-state index is 13.1. The van der Waals surface area contributed by atoms with Gasteiger partial charge in [-0.1, -0.05) is 30.3 Å². The number of hydrogen-bond donors (Lipinski definition) is 2. The van der Waals surface area contributed by atoms with E-state index >= 15 is 0 Å². The van der Waals surface area contributed by atoms with Gasteiger partial charge in [-0.25, -0.2) is 9.07 Å². The first-order valence-electron chi connectivity index (χ1n) is 9.14. The zero-order valence-corrected chi connectivity index (χ0v) is 16.3. The van der Waals surface area contributed by atoms with Crippen molar-refractivity contribution >= 4 is 29.4 Å². The first kappa shape index (κ1) is 19.2. The van der Waals surface area contributed by atoms with Gasteiger partial charge in [-0.3, -0.25) is 9.59 Å². The van der Waals surface area contributed by atoms with Gasteiger partial charge in [0.25, 0.3) is 5.91 Å². The second-order valence-electron chi connectivity index (χ2n) is 6.65. The van der Waals surface area contributed by atoms with Crippen LogP contribution in [0.3, 0.4) is 0 Å². The van der Waals surface area contributed by atoms with Crippen LogP contribution in [0.2, 0.25) is 0 Å². The molecule has 2 N–H and O–H groups in total. The first-order chi connectivity index (χ1) is 14.1. The molecule has 0 fully saturated rings. The molecule has 0 saturated carbocycles. The van der Waals surface area contributed by atoms with Crippen molar-refractivity contribution < 1.29 is 14.0 Å². The van der Waals surface area contributed by atoms with Crippen LogP contribution in [0.15, 0.2) is 54.6 Å². The fourth-order valence-corrected chi connectivity index (χ4v) is 4.12. The minimum Gasteiger partial charge on any atom is -0.350 e. The number of carbonyl (C=O) groups is 2. The topological polar surface area (TPSA) is 76.0 Å². The van der Waals surface area contributed by atoms with Gasteiger partial charge in [0.15, 0.2) is 0 Å². The molecule has 1 aliphatic heterocycles. The summed E-state index contributed by atoms with van der Waals surface area (Å²) >= 11 is 1.71. The third kappa shape index (κ3) is 4.48. The van der Waals surface area contributed by atoms with Crippen LogP contribution in [0.4, 0.5) is 10.2 Å². The smallest absolute Gasteiger partial charge is 0.256 e.